The molecule has 19 heavy (non-hydrogen) atoms. The average Bonchev–Trinajstić information content (AvgIpc) is 2.41. The monoisotopic (exact) mass is 271 g/mol. The maximum Gasteiger partial charge on any atom is 0.222 e. The fraction of sp³-hybridized carbons (Fsp3) is 0.933. The Kier molecular flexibility index (Phi) is 9.02. The van der Waals surface area contributed by atoms with Gasteiger partial charge >= 0.3 is 0 Å². The molecule has 0 radical (unpaired) electrons. The second kappa shape index (κ2) is 9.32. The molecule has 0 aliphatic heterocycles. The molecule has 0 bridgehead atoms. The molecule has 0 aromatic carbocycles. The van der Waals surface area contributed by atoms with Crippen molar-refractivity contribution < 1.29 is 4.79 Å². The van der Waals surface area contributed by atoms with E-state index in [-0.39, 0.29) is 11.4 Å². The highest BCUT2D eigenvalue weighted by Gasteiger charge is 2.31. The second-order valence-electron chi connectivity index (χ2n) is 5.51. The molecule has 0 atom stereocenters. The van der Waals surface area contributed by atoms with Gasteiger partial charge in [-0.2, -0.15) is 0 Å². The number of nitrogens with zero attached hydrogens (tertiary/aromatic N) is 2. The molecule has 0 aliphatic carbocycles. The van der Waals surface area contributed by atoms with Crippen molar-refractivity contribution >= 4 is 5.91 Å². The third-order valence-corrected chi connectivity index (χ3v) is 4.18. The van der Waals surface area contributed by atoms with Crippen LogP contribution >= 0.6 is 0 Å². The third kappa shape index (κ3) is 5.49. The van der Waals surface area contributed by atoms with Crippen molar-refractivity contribution in [3.8, 4) is 0 Å². The molecule has 0 rings (SSSR count). The summed E-state index contributed by atoms with van der Waals surface area (Å²) in [7, 11) is 3.63. The van der Waals surface area contributed by atoms with Gasteiger partial charge in [0.2, 0.25) is 5.91 Å². The van der Waals surface area contributed by atoms with Crippen LogP contribution in [0, 0.1) is 0 Å². The number of hydrogen-bond acceptors (Lipinski definition) is 3. The summed E-state index contributed by atoms with van der Waals surface area (Å²) < 4.78 is 0. The maximum atomic E-state index is 11.6. The van der Waals surface area contributed by atoms with Gasteiger partial charge in [-0.15, -0.1) is 0 Å². The van der Waals surface area contributed by atoms with E-state index in [4.69, 9.17) is 5.73 Å². The van der Waals surface area contributed by atoms with Gasteiger partial charge in [-0.3, -0.25) is 9.69 Å². The van der Waals surface area contributed by atoms with Crippen molar-refractivity contribution in [3.63, 3.8) is 0 Å². The van der Waals surface area contributed by atoms with E-state index in [0.717, 1.165) is 38.8 Å². The first-order valence-corrected chi connectivity index (χ1v) is 7.62. The van der Waals surface area contributed by atoms with Gasteiger partial charge < -0.3 is 10.6 Å². The Hall–Kier alpha value is -0.610. The zero-order valence-corrected chi connectivity index (χ0v) is 13.5. The number of amides is 1. The third-order valence-electron chi connectivity index (χ3n) is 4.18. The summed E-state index contributed by atoms with van der Waals surface area (Å²) >= 11 is 0. The first-order chi connectivity index (χ1) is 8.97. The molecule has 2 N–H and O–H groups in total. The molecular formula is C15H33N3O. The topological polar surface area (TPSA) is 49.6 Å². The van der Waals surface area contributed by atoms with E-state index < -0.39 is 0 Å². The number of hydrogen-bond donors (Lipinski definition) is 1. The molecule has 0 fully saturated rings. The first-order valence-electron chi connectivity index (χ1n) is 7.62. The molecule has 4 nitrogen and oxygen atoms in total. The number of carbonyl (C=O) groups is 1. The lowest BCUT2D eigenvalue weighted by Crippen LogP contribution is -2.53. The summed E-state index contributed by atoms with van der Waals surface area (Å²) in [5.74, 6) is 0.211. The first kappa shape index (κ1) is 18.4. The van der Waals surface area contributed by atoms with Crippen molar-refractivity contribution in [1.29, 1.82) is 0 Å². The van der Waals surface area contributed by atoms with E-state index in [2.05, 4.69) is 25.7 Å². The normalized spacial score (nSPS) is 11.9. The number of nitrogens with two attached hydrogens (primary N) is 1. The molecule has 0 saturated heterocycles. The average molecular weight is 271 g/mol. The van der Waals surface area contributed by atoms with E-state index in [1.54, 1.807) is 4.90 Å². The van der Waals surface area contributed by atoms with E-state index in [9.17, 15) is 4.79 Å². The quantitative estimate of drug-likeness (QED) is 0.662. The predicted octanol–water partition coefficient (Wildman–Crippen LogP) is 2.08. The van der Waals surface area contributed by atoms with Gasteiger partial charge in [0.15, 0.2) is 0 Å². The minimum atomic E-state index is 0.108. The zero-order valence-electron chi connectivity index (χ0n) is 13.5. The van der Waals surface area contributed by atoms with Gasteiger partial charge in [-0.25, -0.2) is 0 Å². The van der Waals surface area contributed by atoms with Gasteiger partial charge in [0.05, 0.1) is 0 Å². The highest BCUT2D eigenvalue weighted by molar-refractivity contribution is 5.75. The SMILES string of the molecule is CCCN(CCCC(=O)N(C)C)C(CC)(CC)CN. The Labute approximate surface area is 119 Å². The smallest absolute Gasteiger partial charge is 0.222 e. The Morgan fingerprint density at radius 2 is 1.68 bits per heavy atom. The lowest BCUT2D eigenvalue weighted by atomic mass is 9.90. The van der Waals surface area contributed by atoms with Crippen LogP contribution in [-0.4, -0.2) is 55.0 Å². The van der Waals surface area contributed by atoms with Crippen LogP contribution in [0.2, 0.25) is 0 Å². The van der Waals surface area contributed by atoms with Crippen LogP contribution in [0.5, 0.6) is 0 Å². The maximum absolute atomic E-state index is 11.6. The zero-order chi connectivity index (χ0) is 14.9. The van der Waals surface area contributed by atoms with Gasteiger partial charge in [-0.05, 0) is 38.8 Å². The number of carbonyl (C=O) groups excluding carboxylic acids is 1. The molecule has 0 unspecified atom stereocenters. The van der Waals surface area contributed by atoms with Crippen LogP contribution in [-0.2, 0) is 4.79 Å². The Bertz CT molecular complexity index is 242. The Morgan fingerprint density at radius 3 is 2.05 bits per heavy atom. The molecule has 0 heterocycles. The van der Waals surface area contributed by atoms with Crippen LogP contribution in [0.15, 0.2) is 0 Å². The summed E-state index contributed by atoms with van der Waals surface area (Å²) in [5.41, 5.74) is 6.13. The molecule has 1 amide bonds. The van der Waals surface area contributed by atoms with Crippen molar-refractivity contribution in [1.82, 2.24) is 9.80 Å². The van der Waals surface area contributed by atoms with Crippen molar-refractivity contribution in [2.75, 3.05) is 33.7 Å². The van der Waals surface area contributed by atoms with Crippen molar-refractivity contribution in [2.24, 2.45) is 5.73 Å². The van der Waals surface area contributed by atoms with Crippen molar-refractivity contribution in [2.45, 2.75) is 58.4 Å². The van der Waals surface area contributed by atoms with Crippen LogP contribution in [0.25, 0.3) is 0 Å². The van der Waals surface area contributed by atoms with Crippen LogP contribution in [0.3, 0.4) is 0 Å². The van der Waals surface area contributed by atoms with Crippen LogP contribution in [0.4, 0.5) is 0 Å². The number of rotatable bonds is 10. The van der Waals surface area contributed by atoms with E-state index in [0.29, 0.717) is 13.0 Å². The van der Waals surface area contributed by atoms with Gasteiger partial charge in [0, 0.05) is 32.6 Å². The summed E-state index contributed by atoms with van der Waals surface area (Å²) in [5, 5.41) is 0. The predicted molar refractivity (Wildman–Crippen MR) is 82.2 cm³/mol. The van der Waals surface area contributed by atoms with Gasteiger partial charge in [-0.1, -0.05) is 20.8 Å². The second-order valence-corrected chi connectivity index (χ2v) is 5.51. The summed E-state index contributed by atoms with van der Waals surface area (Å²) in [6, 6.07) is 0. The van der Waals surface area contributed by atoms with Crippen LogP contribution < -0.4 is 5.73 Å². The molecule has 0 aromatic heterocycles. The standard InChI is InChI=1S/C15H33N3O/c1-6-11-18(15(7-2,8-3)13-16)12-9-10-14(19)17(4)5/h6-13,16H2,1-5H3. The fourth-order valence-electron chi connectivity index (χ4n) is 2.62. The van der Waals surface area contributed by atoms with Crippen LogP contribution in [0.1, 0.15) is 52.9 Å². The van der Waals surface area contributed by atoms with Gasteiger partial charge in [0.25, 0.3) is 0 Å². The molecule has 0 saturated carbocycles. The largest absolute Gasteiger partial charge is 0.349 e. The van der Waals surface area contributed by atoms with E-state index in [1.807, 2.05) is 14.1 Å². The molecule has 4 heteroatoms. The minimum absolute atomic E-state index is 0.108. The van der Waals surface area contributed by atoms with E-state index >= 15 is 0 Å². The molecular weight excluding hydrogens is 238 g/mol. The summed E-state index contributed by atoms with van der Waals surface area (Å²) in [4.78, 5) is 15.8. The lowest BCUT2D eigenvalue weighted by molar-refractivity contribution is -0.128. The highest BCUT2D eigenvalue weighted by atomic mass is 16.2. The highest BCUT2D eigenvalue weighted by Crippen LogP contribution is 2.23. The molecule has 114 valence electrons. The summed E-state index contributed by atoms with van der Waals surface area (Å²) in [6.07, 6.45) is 4.81. The van der Waals surface area contributed by atoms with E-state index in [1.165, 1.54) is 0 Å². The Balaban J connectivity index is 4.51. The van der Waals surface area contributed by atoms with Gasteiger partial charge in [0.1, 0.15) is 0 Å². The molecule has 0 aliphatic rings. The Morgan fingerprint density at radius 1 is 1.11 bits per heavy atom. The molecule has 0 aromatic rings. The fourth-order valence-corrected chi connectivity index (χ4v) is 2.62. The van der Waals surface area contributed by atoms with Crippen molar-refractivity contribution in [3.05, 3.63) is 0 Å². The summed E-state index contributed by atoms with van der Waals surface area (Å²) in [6.45, 7) is 9.35. The minimum Gasteiger partial charge on any atom is -0.349 e. The molecule has 0 spiro atoms. The lowest BCUT2D eigenvalue weighted by Gasteiger charge is -2.42.